The van der Waals surface area contributed by atoms with Crippen LogP contribution in [0.4, 0.5) is 18.3 Å². The summed E-state index contributed by atoms with van der Waals surface area (Å²) in [7, 11) is -3.68. The quantitative estimate of drug-likeness (QED) is 0.655. The van der Waals surface area contributed by atoms with E-state index in [1.165, 1.54) is 22.4 Å². The second-order valence-corrected chi connectivity index (χ2v) is 9.76. The highest BCUT2D eigenvalue weighted by molar-refractivity contribution is 7.90. The third kappa shape index (κ3) is 5.65. The lowest BCUT2D eigenvalue weighted by Gasteiger charge is -2.34. The smallest absolute Gasteiger partial charge is 0.422 e. The van der Waals surface area contributed by atoms with Crippen LogP contribution in [-0.4, -0.2) is 69.4 Å². The maximum absolute atomic E-state index is 13.0. The van der Waals surface area contributed by atoms with Gasteiger partial charge in [-0.05, 0) is 18.2 Å². The van der Waals surface area contributed by atoms with E-state index in [4.69, 9.17) is 10.00 Å². The summed E-state index contributed by atoms with van der Waals surface area (Å²) in [5, 5.41) is 9.55. The van der Waals surface area contributed by atoms with E-state index >= 15 is 0 Å². The number of ether oxygens (including phenoxy) is 1. The van der Waals surface area contributed by atoms with E-state index < -0.39 is 28.5 Å². The Bertz CT molecular complexity index is 1120. The first kappa shape index (κ1) is 22.8. The fourth-order valence-electron chi connectivity index (χ4n) is 2.93. The number of nitrogens with zero attached hydrogens (tertiary/aromatic N) is 4. The van der Waals surface area contributed by atoms with Crippen molar-refractivity contribution in [3.8, 4) is 11.8 Å². The predicted octanol–water partition coefficient (Wildman–Crippen LogP) is 2.32. The number of nitriles is 1. The molecule has 1 saturated heterocycles. The molecule has 0 aliphatic carbocycles. The van der Waals surface area contributed by atoms with Crippen LogP contribution in [0.15, 0.2) is 29.3 Å². The van der Waals surface area contributed by atoms with E-state index in [9.17, 15) is 26.4 Å². The fourth-order valence-corrected chi connectivity index (χ4v) is 4.34. The Morgan fingerprint density at radius 1 is 1.29 bits per heavy atom. The first-order valence-electron chi connectivity index (χ1n) is 8.92. The fraction of sp³-hybridized carbons (Fsp3) is 0.389. The van der Waals surface area contributed by atoms with Crippen molar-refractivity contribution in [2.24, 2.45) is 0 Å². The van der Waals surface area contributed by atoms with Crippen LogP contribution < -0.4 is 9.64 Å². The second-order valence-electron chi connectivity index (χ2n) is 6.73. The van der Waals surface area contributed by atoms with E-state index in [1.807, 2.05) is 11.0 Å². The van der Waals surface area contributed by atoms with Gasteiger partial charge in [-0.2, -0.15) is 18.4 Å². The van der Waals surface area contributed by atoms with E-state index in [0.29, 0.717) is 23.1 Å². The van der Waals surface area contributed by atoms with Gasteiger partial charge in [-0.15, -0.1) is 0 Å². The van der Waals surface area contributed by atoms with Crippen LogP contribution >= 0.6 is 11.3 Å². The van der Waals surface area contributed by atoms with Crippen LogP contribution in [0, 0.1) is 11.3 Å². The summed E-state index contributed by atoms with van der Waals surface area (Å²) in [6.45, 7) is -0.335. The van der Waals surface area contributed by atoms with Crippen LogP contribution in [0.3, 0.4) is 0 Å². The number of rotatable bonds is 5. The molecule has 1 aliphatic rings. The number of thiazole rings is 1. The zero-order chi connectivity index (χ0) is 22.8. The number of piperazine rings is 1. The Morgan fingerprint density at radius 3 is 2.52 bits per heavy atom. The van der Waals surface area contributed by atoms with Gasteiger partial charge in [0.05, 0.1) is 16.7 Å². The number of alkyl halides is 3. The summed E-state index contributed by atoms with van der Waals surface area (Å²) in [6, 6.07) is 5.20. The van der Waals surface area contributed by atoms with Crippen LogP contribution in [0.5, 0.6) is 5.75 Å². The summed E-state index contributed by atoms with van der Waals surface area (Å²) in [5.41, 5.74) is -0.248. The lowest BCUT2D eigenvalue weighted by atomic mass is 10.1. The highest BCUT2D eigenvalue weighted by atomic mass is 32.2. The standard InChI is InChI=1S/C18H17F3N4O4S2/c1-31(27,28)13-2-3-15(29-11-18(19,20)21)14(8-13)16(26)24-4-6-25(7-5-24)17-23-10-12(9-22)30-17/h2-3,8,10H,4-7,11H2,1H3. The Labute approximate surface area is 180 Å². The SMILES string of the molecule is CS(=O)(=O)c1ccc(OCC(F)(F)F)c(C(=O)N2CCN(c3ncc(C#N)s3)CC2)c1. The molecule has 2 heterocycles. The highest BCUT2D eigenvalue weighted by Crippen LogP contribution is 2.28. The molecule has 0 unspecified atom stereocenters. The molecule has 31 heavy (non-hydrogen) atoms. The number of amides is 1. The average molecular weight is 474 g/mol. The number of hydrogen-bond donors (Lipinski definition) is 0. The van der Waals surface area contributed by atoms with Crippen LogP contribution in [0.1, 0.15) is 15.2 Å². The summed E-state index contributed by atoms with van der Waals surface area (Å²) < 4.78 is 66.2. The number of hydrogen-bond acceptors (Lipinski definition) is 8. The molecule has 0 saturated carbocycles. The molecule has 3 rings (SSSR count). The molecule has 1 amide bonds. The van der Waals surface area contributed by atoms with Gasteiger partial charge in [-0.25, -0.2) is 13.4 Å². The van der Waals surface area contributed by atoms with Crippen LogP contribution in [0.25, 0.3) is 0 Å². The Kier molecular flexibility index (Phi) is 6.42. The first-order valence-corrected chi connectivity index (χ1v) is 11.6. The van der Waals surface area contributed by atoms with Crippen molar-refractivity contribution in [3.05, 3.63) is 34.8 Å². The molecule has 13 heteroatoms. The van der Waals surface area contributed by atoms with Gasteiger partial charge < -0.3 is 14.5 Å². The molecule has 1 aromatic carbocycles. The minimum Gasteiger partial charge on any atom is -0.483 e. The summed E-state index contributed by atoms with van der Waals surface area (Å²) >= 11 is 1.22. The summed E-state index contributed by atoms with van der Waals surface area (Å²) in [5.74, 6) is -0.963. The maximum Gasteiger partial charge on any atom is 0.422 e. The second kappa shape index (κ2) is 8.72. The summed E-state index contributed by atoms with van der Waals surface area (Å²) in [4.78, 5) is 20.7. The minimum absolute atomic E-state index is 0.194. The van der Waals surface area contributed by atoms with Gasteiger partial charge in [0.25, 0.3) is 5.91 Å². The molecule has 8 nitrogen and oxygen atoms in total. The van der Waals surface area contributed by atoms with E-state index in [2.05, 4.69) is 4.98 Å². The van der Waals surface area contributed by atoms with Gasteiger partial charge in [0.1, 0.15) is 16.7 Å². The highest BCUT2D eigenvalue weighted by Gasteiger charge is 2.31. The molecular weight excluding hydrogens is 457 g/mol. The van der Waals surface area contributed by atoms with E-state index in [-0.39, 0.29) is 29.3 Å². The molecule has 0 atom stereocenters. The monoisotopic (exact) mass is 474 g/mol. The topological polar surface area (TPSA) is 104 Å². The third-order valence-electron chi connectivity index (χ3n) is 4.44. The maximum atomic E-state index is 13.0. The first-order chi connectivity index (χ1) is 14.5. The Balaban J connectivity index is 1.80. The molecule has 1 aliphatic heterocycles. The van der Waals surface area contributed by atoms with Crippen molar-refractivity contribution in [3.63, 3.8) is 0 Å². The van der Waals surface area contributed by atoms with Crippen LogP contribution in [0.2, 0.25) is 0 Å². The van der Waals surface area contributed by atoms with Gasteiger partial charge >= 0.3 is 6.18 Å². The van der Waals surface area contributed by atoms with Gasteiger partial charge in [-0.1, -0.05) is 11.3 Å². The molecule has 1 fully saturated rings. The molecule has 1 aromatic heterocycles. The molecule has 166 valence electrons. The van der Waals surface area contributed by atoms with Crippen LogP contribution in [-0.2, 0) is 9.84 Å². The number of halogens is 3. The van der Waals surface area contributed by atoms with Crippen molar-refractivity contribution >= 4 is 32.2 Å². The van der Waals surface area contributed by atoms with E-state index in [0.717, 1.165) is 24.5 Å². The molecule has 0 bridgehead atoms. The van der Waals surface area contributed by atoms with Crippen molar-refractivity contribution in [1.29, 1.82) is 5.26 Å². The van der Waals surface area contributed by atoms with Crippen molar-refractivity contribution in [1.82, 2.24) is 9.88 Å². The van der Waals surface area contributed by atoms with Gasteiger partial charge in [0, 0.05) is 32.4 Å². The zero-order valence-electron chi connectivity index (χ0n) is 16.2. The number of carbonyl (C=O) groups excluding carboxylic acids is 1. The predicted molar refractivity (Wildman–Crippen MR) is 106 cm³/mol. The number of aromatic nitrogens is 1. The van der Waals surface area contributed by atoms with Crippen molar-refractivity contribution in [2.75, 3.05) is 43.9 Å². The third-order valence-corrected chi connectivity index (χ3v) is 6.52. The molecule has 0 N–H and O–H groups in total. The molecule has 2 aromatic rings. The molecule has 0 spiro atoms. The van der Waals surface area contributed by atoms with E-state index in [1.54, 1.807) is 0 Å². The van der Waals surface area contributed by atoms with Crippen molar-refractivity contribution in [2.45, 2.75) is 11.1 Å². The number of anilines is 1. The Hall–Kier alpha value is -2.85. The number of carbonyl (C=O) groups is 1. The molecular formula is C18H17F3N4O4S2. The average Bonchev–Trinajstić information content (AvgIpc) is 3.20. The zero-order valence-corrected chi connectivity index (χ0v) is 17.9. The number of sulfone groups is 1. The lowest BCUT2D eigenvalue weighted by molar-refractivity contribution is -0.153. The van der Waals surface area contributed by atoms with Gasteiger partial charge in [0.2, 0.25) is 0 Å². The lowest BCUT2D eigenvalue weighted by Crippen LogP contribution is -2.48. The van der Waals surface area contributed by atoms with Gasteiger partial charge in [0.15, 0.2) is 21.6 Å². The van der Waals surface area contributed by atoms with Crippen molar-refractivity contribution < 1.29 is 31.1 Å². The Morgan fingerprint density at radius 2 is 1.97 bits per heavy atom. The van der Waals surface area contributed by atoms with Gasteiger partial charge in [-0.3, -0.25) is 4.79 Å². The normalized spacial score (nSPS) is 14.9. The summed E-state index contributed by atoms with van der Waals surface area (Å²) in [6.07, 6.45) is -2.22. The largest absolute Gasteiger partial charge is 0.483 e. The minimum atomic E-state index is -4.61. The molecule has 0 radical (unpaired) electrons. The number of benzene rings is 1.